The average Bonchev–Trinajstić information content (AvgIpc) is 2.76. The van der Waals surface area contributed by atoms with Crippen LogP contribution < -0.4 is 5.32 Å². The molecule has 0 aromatic carbocycles. The van der Waals surface area contributed by atoms with E-state index < -0.39 is 0 Å². The van der Waals surface area contributed by atoms with Gasteiger partial charge in [-0.25, -0.2) is 0 Å². The Hall–Kier alpha value is -0.940. The van der Waals surface area contributed by atoms with Gasteiger partial charge in [-0.15, -0.1) is 5.10 Å². The van der Waals surface area contributed by atoms with Gasteiger partial charge in [0.2, 0.25) is 0 Å². The third-order valence-electron chi connectivity index (χ3n) is 3.43. The summed E-state index contributed by atoms with van der Waals surface area (Å²) in [5.41, 5.74) is 0.834. The molecule has 1 aromatic rings. The highest BCUT2D eigenvalue weighted by Crippen LogP contribution is 2.31. The van der Waals surface area contributed by atoms with Crippen LogP contribution in [-0.2, 0) is 11.8 Å². The fraction of sp³-hybridized carbons (Fsp3) is 0.846. The molecule has 2 atom stereocenters. The monoisotopic (exact) mass is 254 g/mol. The molecule has 1 aromatic heterocycles. The van der Waals surface area contributed by atoms with Crippen molar-refractivity contribution in [2.75, 3.05) is 13.2 Å². The van der Waals surface area contributed by atoms with Crippen LogP contribution in [0.2, 0.25) is 0 Å². The first kappa shape index (κ1) is 15.1. The third-order valence-corrected chi connectivity index (χ3v) is 3.43. The summed E-state index contributed by atoms with van der Waals surface area (Å²) in [6.07, 6.45) is 3.85. The molecule has 2 unspecified atom stereocenters. The summed E-state index contributed by atoms with van der Waals surface area (Å²) < 4.78 is 7.80. The van der Waals surface area contributed by atoms with Gasteiger partial charge < -0.3 is 10.1 Å². The Bertz CT molecular complexity index is 353. The van der Waals surface area contributed by atoms with Crippen LogP contribution in [0.25, 0.3) is 0 Å². The molecule has 5 heteroatoms. The van der Waals surface area contributed by atoms with Crippen LogP contribution >= 0.6 is 0 Å². The van der Waals surface area contributed by atoms with E-state index in [0.717, 1.165) is 25.1 Å². The number of rotatable bonds is 8. The Labute approximate surface area is 110 Å². The van der Waals surface area contributed by atoms with Crippen LogP contribution in [0.3, 0.4) is 0 Å². The highest BCUT2D eigenvalue weighted by molar-refractivity contribution is 5.09. The average molecular weight is 254 g/mol. The zero-order valence-electron chi connectivity index (χ0n) is 12.2. The van der Waals surface area contributed by atoms with Gasteiger partial charge >= 0.3 is 0 Å². The van der Waals surface area contributed by atoms with E-state index in [2.05, 4.69) is 36.4 Å². The van der Waals surface area contributed by atoms with Gasteiger partial charge in [0.1, 0.15) is 0 Å². The number of hydrogen-bond acceptors (Lipinski definition) is 4. The minimum atomic E-state index is -0.237. The van der Waals surface area contributed by atoms with Crippen LogP contribution in [0.4, 0.5) is 0 Å². The van der Waals surface area contributed by atoms with Gasteiger partial charge in [-0.2, -0.15) is 0 Å². The molecule has 0 saturated heterocycles. The summed E-state index contributed by atoms with van der Waals surface area (Å²) in [5, 5.41) is 11.6. The molecule has 0 aliphatic rings. The zero-order valence-corrected chi connectivity index (χ0v) is 12.2. The van der Waals surface area contributed by atoms with E-state index in [0.29, 0.717) is 6.61 Å². The second-order valence-electron chi connectivity index (χ2n) is 4.77. The van der Waals surface area contributed by atoms with Gasteiger partial charge in [0.25, 0.3) is 0 Å². The lowest BCUT2D eigenvalue weighted by molar-refractivity contribution is -0.0580. The van der Waals surface area contributed by atoms with Crippen molar-refractivity contribution in [2.45, 2.75) is 52.2 Å². The molecule has 0 aliphatic carbocycles. The molecule has 1 heterocycles. The number of aromatic nitrogens is 3. The summed E-state index contributed by atoms with van der Waals surface area (Å²) in [5.74, 6) is 0. The lowest BCUT2D eigenvalue weighted by Gasteiger charge is -2.37. The summed E-state index contributed by atoms with van der Waals surface area (Å²) >= 11 is 0. The Balaban J connectivity index is 3.00. The van der Waals surface area contributed by atoms with E-state index in [1.165, 1.54) is 0 Å². The Morgan fingerprint density at radius 3 is 2.61 bits per heavy atom. The fourth-order valence-corrected chi connectivity index (χ4v) is 2.20. The summed E-state index contributed by atoms with van der Waals surface area (Å²) in [6, 6.07) is 0.113. The van der Waals surface area contributed by atoms with Crippen molar-refractivity contribution in [3.63, 3.8) is 0 Å². The number of ether oxygens (including phenoxy) is 1. The second-order valence-corrected chi connectivity index (χ2v) is 4.77. The van der Waals surface area contributed by atoms with Crippen molar-refractivity contribution in [2.24, 2.45) is 7.05 Å². The number of aryl methyl sites for hydroxylation is 1. The maximum Gasteiger partial charge on any atom is 0.0861 e. The molecule has 1 rings (SSSR count). The zero-order chi connectivity index (χ0) is 13.6. The number of nitrogens with zero attached hydrogens (tertiary/aromatic N) is 3. The van der Waals surface area contributed by atoms with E-state index in [9.17, 15) is 0 Å². The molecular formula is C13H26N4O. The molecule has 1 N–H and O–H groups in total. The fourth-order valence-electron chi connectivity index (χ4n) is 2.20. The molecule has 0 aliphatic heterocycles. The van der Waals surface area contributed by atoms with Crippen LogP contribution in [-0.4, -0.2) is 33.7 Å². The van der Waals surface area contributed by atoms with Crippen molar-refractivity contribution in [1.82, 2.24) is 20.3 Å². The first-order chi connectivity index (χ1) is 8.59. The first-order valence-corrected chi connectivity index (χ1v) is 6.80. The Morgan fingerprint density at radius 1 is 1.44 bits per heavy atom. The normalized spacial score (nSPS) is 16.5. The van der Waals surface area contributed by atoms with Crippen molar-refractivity contribution in [1.29, 1.82) is 0 Å². The van der Waals surface area contributed by atoms with Crippen molar-refractivity contribution < 1.29 is 4.74 Å². The van der Waals surface area contributed by atoms with Crippen LogP contribution in [0.5, 0.6) is 0 Å². The van der Waals surface area contributed by atoms with Gasteiger partial charge in [-0.3, -0.25) is 4.68 Å². The smallest absolute Gasteiger partial charge is 0.0861 e. The highest BCUT2D eigenvalue weighted by Gasteiger charge is 2.36. The van der Waals surface area contributed by atoms with Gasteiger partial charge in [0, 0.05) is 13.7 Å². The van der Waals surface area contributed by atoms with Gasteiger partial charge in [-0.05, 0) is 33.2 Å². The highest BCUT2D eigenvalue weighted by atomic mass is 16.5. The quantitative estimate of drug-likeness (QED) is 0.771. The van der Waals surface area contributed by atoms with Crippen molar-refractivity contribution in [3.8, 4) is 0 Å². The largest absolute Gasteiger partial charge is 0.374 e. The maximum atomic E-state index is 5.99. The number of hydrogen-bond donors (Lipinski definition) is 1. The van der Waals surface area contributed by atoms with E-state index in [4.69, 9.17) is 4.74 Å². The van der Waals surface area contributed by atoms with E-state index in [-0.39, 0.29) is 11.6 Å². The summed E-state index contributed by atoms with van der Waals surface area (Å²) in [4.78, 5) is 0. The molecule has 0 spiro atoms. The third kappa shape index (κ3) is 3.29. The number of nitrogens with one attached hydrogen (secondary N) is 1. The standard InChI is InChI=1S/C13H26N4O/c1-6-9-14-12(11-10-15-16-17(11)5)13(4,7-2)18-8-3/h10,12,14H,6-9H2,1-5H3. The second kappa shape index (κ2) is 6.85. The molecule has 0 fully saturated rings. The molecule has 0 radical (unpaired) electrons. The lowest BCUT2D eigenvalue weighted by atomic mass is 9.90. The first-order valence-electron chi connectivity index (χ1n) is 6.80. The van der Waals surface area contributed by atoms with Gasteiger partial charge in [-0.1, -0.05) is 19.1 Å². The predicted octanol–water partition coefficient (Wildman–Crippen LogP) is 2.06. The van der Waals surface area contributed by atoms with Crippen LogP contribution in [0, 0.1) is 0 Å². The Kier molecular flexibility index (Phi) is 5.75. The van der Waals surface area contributed by atoms with Gasteiger partial charge in [0.05, 0.1) is 23.5 Å². The lowest BCUT2D eigenvalue weighted by Crippen LogP contribution is -2.44. The minimum Gasteiger partial charge on any atom is -0.374 e. The van der Waals surface area contributed by atoms with Crippen LogP contribution in [0.15, 0.2) is 6.20 Å². The van der Waals surface area contributed by atoms with Crippen LogP contribution in [0.1, 0.15) is 52.3 Å². The molecule has 18 heavy (non-hydrogen) atoms. The van der Waals surface area contributed by atoms with E-state index >= 15 is 0 Å². The molecular weight excluding hydrogens is 228 g/mol. The molecule has 104 valence electrons. The Morgan fingerprint density at radius 2 is 2.17 bits per heavy atom. The van der Waals surface area contributed by atoms with Crippen molar-refractivity contribution >= 4 is 0 Å². The van der Waals surface area contributed by atoms with Gasteiger partial charge in [0.15, 0.2) is 0 Å². The minimum absolute atomic E-state index is 0.113. The van der Waals surface area contributed by atoms with Crippen molar-refractivity contribution in [3.05, 3.63) is 11.9 Å². The maximum absolute atomic E-state index is 5.99. The summed E-state index contributed by atoms with van der Waals surface area (Å²) in [7, 11) is 1.92. The molecule has 0 bridgehead atoms. The van der Waals surface area contributed by atoms with E-state index in [1.807, 2.05) is 24.9 Å². The van der Waals surface area contributed by atoms with E-state index in [1.54, 1.807) is 0 Å². The SMILES string of the molecule is CCCNC(c1cnnn1C)C(C)(CC)OCC. The molecule has 0 saturated carbocycles. The summed E-state index contributed by atoms with van der Waals surface area (Å²) in [6.45, 7) is 10.2. The molecule has 5 nitrogen and oxygen atoms in total. The topological polar surface area (TPSA) is 52.0 Å². The molecule has 0 amide bonds. The predicted molar refractivity (Wildman–Crippen MR) is 72.4 cm³/mol.